The monoisotopic (exact) mass is 524 g/mol. The van der Waals surface area contributed by atoms with Crippen molar-refractivity contribution in [1.82, 2.24) is 20.0 Å². The number of benzene rings is 2. The highest BCUT2D eigenvalue weighted by molar-refractivity contribution is 8.18. The van der Waals surface area contributed by atoms with Crippen LogP contribution in [0.15, 0.2) is 47.5 Å². The number of halogens is 4. The number of nitrogens with zero attached hydrogens (tertiary/aromatic N) is 3. The summed E-state index contributed by atoms with van der Waals surface area (Å²) in [6.45, 7) is 0.802. The molecule has 12 heteroatoms. The fourth-order valence-electron chi connectivity index (χ4n) is 3.67. The van der Waals surface area contributed by atoms with Crippen LogP contribution in [-0.4, -0.2) is 57.2 Å². The van der Waals surface area contributed by atoms with E-state index in [4.69, 9.17) is 16.7 Å². The van der Waals surface area contributed by atoms with E-state index >= 15 is 0 Å². The molecular weight excluding hydrogens is 505 g/mol. The van der Waals surface area contributed by atoms with Gasteiger partial charge in [-0.3, -0.25) is 19.2 Å². The molecule has 2 heterocycles. The van der Waals surface area contributed by atoms with E-state index < -0.39 is 17.6 Å². The van der Waals surface area contributed by atoms with Crippen molar-refractivity contribution in [2.45, 2.75) is 12.7 Å². The Balaban J connectivity index is 1.54. The standard InChI is InChI=1S/C23H20ClF3N4O3S/c24-17-3-2-15(18(11-17)23(25,26)27)13-31-19-4-1-14(9-16(19)12-29-31)10-20-21(33)30(22(34)35-20)7-5-28-6-8-32/h1-4,9-12,28,32H,5-8,13H2/b20-10-. The van der Waals surface area contributed by atoms with Crippen molar-refractivity contribution in [3.63, 3.8) is 0 Å². The maximum Gasteiger partial charge on any atom is 0.416 e. The van der Waals surface area contributed by atoms with Gasteiger partial charge >= 0.3 is 6.18 Å². The number of aliphatic hydroxyl groups is 1. The minimum Gasteiger partial charge on any atom is -0.395 e. The molecule has 0 spiro atoms. The molecule has 0 atom stereocenters. The minimum absolute atomic E-state index is 0.00174. The van der Waals surface area contributed by atoms with E-state index in [-0.39, 0.29) is 40.4 Å². The van der Waals surface area contributed by atoms with Crippen molar-refractivity contribution < 1.29 is 27.9 Å². The van der Waals surface area contributed by atoms with Crippen LogP contribution in [0.1, 0.15) is 16.7 Å². The van der Waals surface area contributed by atoms with E-state index in [1.807, 2.05) is 0 Å². The second-order valence-corrected chi connectivity index (χ2v) is 9.16. The Labute approximate surface area is 207 Å². The molecule has 1 aromatic heterocycles. The molecule has 184 valence electrons. The third-order valence-corrected chi connectivity index (χ3v) is 6.48. The molecule has 0 saturated carbocycles. The SMILES string of the molecule is O=C1S/C(=C\c2ccc3c(cnn3Cc3ccc(Cl)cc3C(F)(F)F)c2)C(=O)N1CCNCCO. The molecule has 1 fully saturated rings. The number of aliphatic hydroxyl groups excluding tert-OH is 1. The van der Waals surface area contributed by atoms with Crippen LogP contribution in [0.5, 0.6) is 0 Å². The molecule has 4 rings (SSSR count). The quantitative estimate of drug-likeness (QED) is 0.336. The highest BCUT2D eigenvalue weighted by Crippen LogP contribution is 2.35. The minimum atomic E-state index is -4.55. The Morgan fingerprint density at radius 2 is 1.94 bits per heavy atom. The predicted molar refractivity (Wildman–Crippen MR) is 128 cm³/mol. The third kappa shape index (κ3) is 5.69. The molecule has 0 bridgehead atoms. The number of thioether (sulfide) groups is 1. The van der Waals surface area contributed by atoms with Gasteiger partial charge in [0.25, 0.3) is 11.1 Å². The summed E-state index contributed by atoms with van der Waals surface area (Å²) in [6.07, 6.45) is -1.41. The van der Waals surface area contributed by atoms with Crippen LogP contribution in [0.2, 0.25) is 5.02 Å². The summed E-state index contributed by atoms with van der Waals surface area (Å²) in [5.74, 6) is -0.399. The van der Waals surface area contributed by atoms with Crippen molar-refractivity contribution in [3.8, 4) is 0 Å². The fourth-order valence-corrected chi connectivity index (χ4v) is 4.71. The highest BCUT2D eigenvalue weighted by atomic mass is 35.5. The van der Waals surface area contributed by atoms with Gasteiger partial charge < -0.3 is 10.4 Å². The number of carbonyl (C=O) groups excluding carboxylic acids is 2. The Kier molecular flexibility index (Phi) is 7.50. The maximum absolute atomic E-state index is 13.4. The van der Waals surface area contributed by atoms with E-state index in [9.17, 15) is 22.8 Å². The van der Waals surface area contributed by atoms with Crippen LogP contribution in [-0.2, 0) is 17.5 Å². The maximum atomic E-state index is 13.4. The molecular formula is C23H20ClF3N4O3S. The number of fused-ring (bicyclic) bond motifs is 1. The smallest absolute Gasteiger partial charge is 0.395 e. The van der Waals surface area contributed by atoms with Gasteiger partial charge in [-0.2, -0.15) is 18.3 Å². The average molecular weight is 525 g/mol. The van der Waals surface area contributed by atoms with Gasteiger partial charge in [-0.1, -0.05) is 23.7 Å². The van der Waals surface area contributed by atoms with Gasteiger partial charge in [-0.25, -0.2) is 0 Å². The lowest BCUT2D eigenvalue weighted by Gasteiger charge is -2.14. The lowest BCUT2D eigenvalue weighted by atomic mass is 10.1. The molecule has 1 saturated heterocycles. The number of aromatic nitrogens is 2. The lowest BCUT2D eigenvalue weighted by Crippen LogP contribution is -2.35. The number of amides is 2. The molecule has 7 nitrogen and oxygen atoms in total. The summed E-state index contributed by atoms with van der Waals surface area (Å²) in [6, 6.07) is 8.82. The first kappa shape index (κ1) is 25.2. The number of carbonyl (C=O) groups is 2. The number of hydrogen-bond acceptors (Lipinski definition) is 6. The van der Waals surface area contributed by atoms with E-state index in [1.165, 1.54) is 23.0 Å². The Morgan fingerprint density at radius 3 is 2.69 bits per heavy atom. The number of imide groups is 1. The van der Waals surface area contributed by atoms with Crippen LogP contribution >= 0.6 is 23.4 Å². The average Bonchev–Trinajstić information content (AvgIpc) is 3.32. The number of nitrogens with one attached hydrogen (secondary N) is 1. The van der Waals surface area contributed by atoms with Crippen molar-refractivity contribution in [3.05, 3.63) is 69.2 Å². The third-order valence-electron chi connectivity index (χ3n) is 5.34. The van der Waals surface area contributed by atoms with E-state index in [0.29, 0.717) is 29.6 Å². The predicted octanol–water partition coefficient (Wildman–Crippen LogP) is 4.38. The molecule has 2 aromatic carbocycles. The van der Waals surface area contributed by atoms with Gasteiger partial charge in [-0.15, -0.1) is 0 Å². The summed E-state index contributed by atoms with van der Waals surface area (Å²) in [4.78, 5) is 26.2. The normalized spacial score (nSPS) is 15.7. The Morgan fingerprint density at radius 1 is 1.14 bits per heavy atom. The molecule has 0 radical (unpaired) electrons. The van der Waals surface area contributed by atoms with Crippen molar-refractivity contribution in [1.29, 1.82) is 0 Å². The Hall–Kier alpha value is -2.86. The van der Waals surface area contributed by atoms with E-state index in [2.05, 4.69) is 10.4 Å². The largest absolute Gasteiger partial charge is 0.416 e. The van der Waals surface area contributed by atoms with Crippen LogP contribution in [0.25, 0.3) is 17.0 Å². The number of rotatable bonds is 8. The zero-order chi connectivity index (χ0) is 25.2. The second kappa shape index (κ2) is 10.4. The summed E-state index contributed by atoms with van der Waals surface area (Å²) in [7, 11) is 0. The first-order valence-corrected chi connectivity index (χ1v) is 11.7. The van der Waals surface area contributed by atoms with E-state index in [1.54, 1.807) is 24.3 Å². The molecule has 3 aromatic rings. The summed E-state index contributed by atoms with van der Waals surface area (Å²) in [5.41, 5.74) is 0.502. The molecule has 0 unspecified atom stereocenters. The first-order chi connectivity index (χ1) is 16.7. The first-order valence-electron chi connectivity index (χ1n) is 10.6. The highest BCUT2D eigenvalue weighted by Gasteiger charge is 2.35. The molecule has 1 aliphatic heterocycles. The number of alkyl halides is 3. The lowest BCUT2D eigenvalue weighted by molar-refractivity contribution is -0.138. The fraction of sp³-hybridized carbons (Fsp3) is 0.261. The van der Waals surface area contributed by atoms with E-state index in [0.717, 1.165) is 22.7 Å². The van der Waals surface area contributed by atoms with Crippen molar-refractivity contribution in [2.24, 2.45) is 0 Å². The summed E-state index contributed by atoms with van der Waals surface area (Å²) in [5, 5.41) is 16.3. The van der Waals surface area contributed by atoms with Gasteiger partial charge in [0.1, 0.15) is 0 Å². The molecule has 0 aliphatic carbocycles. The molecule has 2 N–H and O–H groups in total. The number of hydrogen-bond donors (Lipinski definition) is 2. The zero-order valence-electron chi connectivity index (χ0n) is 18.2. The van der Waals surface area contributed by atoms with Crippen molar-refractivity contribution >= 4 is 51.5 Å². The molecule has 35 heavy (non-hydrogen) atoms. The van der Waals surface area contributed by atoms with Gasteiger partial charge in [0.15, 0.2) is 0 Å². The van der Waals surface area contributed by atoms with Crippen LogP contribution in [0.3, 0.4) is 0 Å². The zero-order valence-corrected chi connectivity index (χ0v) is 19.8. The second-order valence-electron chi connectivity index (χ2n) is 7.73. The van der Waals surface area contributed by atoms with Gasteiger partial charge in [0, 0.05) is 30.0 Å². The summed E-state index contributed by atoms with van der Waals surface area (Å²) >= 11 is 6.60. The topological polar surface area (TPSA) is 87.5 Å². The van der Waals surface area contributed by atoms with Crippen molar-refractivity contribution in [2.75, 3.05) is 26.2 Å². The van der Waals surface area contributed by atoms with Crippen LogP contribution in [0.4, 0.5) is 18.0 Å². The van der Waals surface area contributed by atoms with Gasteiger partial charge in [-0.05, 0) is 53.2 Å². The summed E-state index contributed by atoms with van der Waals surface area (Å²) < 4.78 is 41.8. The molecule has 2 amide bonds. The van der Waals surface area contributed by atoms with Crippen LogP contribution in [0, 0.1) is 0 Å². The Bertz CT molecular complexity index is 1310. The molecule has 1 aliphatic rings. The van der Waals surface area contributed by atoms with Crippen LogP contribution < -0.4 is 5.32 Å². The van der Waals surface area contributed by atoms with Gasteiger partial charge in [0.2, 0.25) is 0 Å². The van der Waals surface area contributed by atoms with Gasteiger partial charge in [0.05, 0.1) is 35.3 Å².